The third-order valence-electron chi connectivity index (χ3n) is 2.05. The summed E-state index contributed by atoms with van der Waals surface area (Å²) >= 11 is 0. The van der Waals surface area contributed by atoms with E-state index in [1.165, 1.54) is 6.92 Å². The molecule has 102 valence electrons. The summed E-state index contributed by atoms with van der Waals surface area (Å²) in [5, 5.41) is 2.46. The molecule has 4 nitrogen and oxygen atoms in total. The minimum absolute atomic E-state index is 0. The maximum atomic E-state index is 12.3. The van der Waals surface area contributed by atoms with Crippen LogP contribution in [0.3, 0.4) is 0 Å². The number of aryl methyl sites for hydroxylation is 1. The van der Waals surface area contributed by atoms with Gasteiger partial charge in [-0.2, -0.15) is 13.2 Å². The van der Waals surface area contributed by atoms with Crippen molar-refractivity contribution >= 4 is 18.3 Å². The standard InChI is InChI=1S/C10H12F3N3O.ClH/c1-6-7(9(17)15-5-4-14)2-3-8(16-6)10(11,12)13;/h2-3H,4-5,14H2,1H3,(H,15,17);1H. The maximum absolute atomic E-state index is 12.3. The highest BCUT2D eigenvalue weighted by Crippen LogP contribution is 2.28. The summed E-state index contributed by atoms with van der Waals surface area (Å²) in [6, 6.07) is 1.89. The Labute approximate surface area is 108 Å². The van der Waals surface area contributed by atoms with Crippen LogP contribution in [0.15, 0.2) is 12.1 Å². The van der Waals surface area contributed by atoms with Crippen LogP contribution in [0.4, 0.5) is 13.2 Å². The zero-order valence-corrected chi connectivity index (χ0v) is 10.4. The molecule has 0 bridgehead atoms. The molecule has 0 radical (unpaired) electrons. The van der Waals surface area contributed by atoms with Crippen LogP contribution in [-0.2, 0) is 6.18 Å². The van der Waals surface area contributed by atoms with Gasteiger partial charge in [0.1, 0.15) is 5.69 Å². The quantitative estimate of drug-likeness (QED) is 0.884. The number of nitrogens with two attached hydrogens (primary N) is 1. The minimum Gasteiger partial charge on any atom is -0.351 e. The Bertz CT molecular complexity index is 423. The number of nitrogens with one attached hydrogen (secondary N) is 1. The van der Waals surface area contributed by atoms with Crippen LogP contribution in [0.5, 0.6) is 0 Å². The van der Waals surface area contributed by atoms with Crippen molar-refractivity contribution in [2.45, 2.75) is 13.1 Å². The fourth-order valence-corrected chi connectivity index (χ4v) is 1.24. The maximum Gasteiger partial charge on any atom is 0.433 e. The summed E-state index contributed by atoms with van der Waals surface area (Å²) in [7, 11) is 0. The third kappa shape index (κ3) is 4.15. The molecule has 0 fully saturated rings. The highest BCUT2D eigenvalue weighted by molar-refractivity contribution is 5.95. The van der Waals surface area contributed by atoms with Crippen LogP contribution in [0.2, 0.25) is 0 Å². The fourth-order valence-electron chi connectivity index (χ4n) is 1.24. The largest absolute Gasteiger partial charge is 0.433 e. The second-order valence-electron chi connectivity index (χ2n) is 3.37. The Morgan fingerprint density at radius 3 is 2.50 bits per heavy atom. The van der Waals surface area contributed by atoms with Gasteiger partial charge in [0.2, 0.25) is 0 Å². The summed E-state index contributed by atoms with van der Waals surface area (Å²) in [6.07, 6.45) is -4.50. The second-order valence-corrected chi connectivity index (χ2v) is 3.37. The van der Waals surface area contributed by atoms with E-state index in [0.29, 0.717) is 0 Å². The first-order chi connectivity index (χ1) is 7.86. The molecular weight excluding hydrogens is 271 g/mol. The molecule has 1 amide bonds. The van der Waals surface area contributed by atoms with E-state index < -0.39 is 17.8 Å². The van der Waals surface area contributed by atoms with Crippen LogP contribution in [-0.4, -0.2) is 24.0 Å². The molecular formula is C10H13ClF3N3O. The van der Waals surface area contributed by atoms with Crippen LogP contribution in [0.1, 0.15) is 21.7 Å². The molecule has 0 aliphatic carbocycles. The average Bonchev–Trinajstić information content (AvgIpc) is 2.24. The first-order valence-electron chi connectivity index (χ1n) is 4.89. The van der Waals surface area contributed by atoms with Gasteiger partial charge in [0.05, 0.1) is 11.3 Å². The van der Waals surface area contributed by atoms with E-state index in [1.54, 1.807) is 0 Å². The molecule has 3 N–H and O–H groups in total. The third-order valence-corrected chi connectivity index (χ3v) is 2.05. The molecule has 0 spiro atoms. The lowest BCUT2D eigenvalue weighted by Gasteiger charge is -2.10. The molecule has 0 atom stereocenters. The Balaban J connectivity index is 0.00000289. The molecule has 18 heavy (non-hydrogen) atoms. The normalized spacial score (nSPS) is 10.7. The summed E-state index contributed by atoms with van der Waals surface area (Å²) in [4.78, 5) is 14.9. The number of pyridine rings is 1. The lowest BCUT2D eigenvalue weighted by molar-refractivity contribution is -0.141. The second kappa shape index (κ2) is 6.55. The van der Waals surface area contributed by atoms with E-state index in [-0.39, 0.29) is 36.8 Å². The van der Waals surface area contributed by atoms with Crippen molar-refractivity contribution in [2.75, 3.05) is 13.1 Å². The number of halogens is 4. The van der Waals surface area contributed by atoms with Gasteiger partial charge in [0, 0.05) is 13.1 Å². The van der Waals surface area contributed by atoms with Crippen molar-refractivity contribution in [3.8, 4) is 0 Å². The number of rotatable bonds is 3. The highest BCUT2D eigenvalue weighted by Gasteiger charge is 2.32. The SMILES string of the molecule is Cc1nc(C(F)(F)F)ccc1C(=O)NCCN.Cl. The van der Waals surface area contributed by atoms with Crippen molar-refractivity contribution in [1.29, 1.82) is 0 Å². The van der Waals surface area contributed by atoms with Gasteiger partial charge in [-0.3, -0.25) is 4.79 Å². The number of carbonyl (C=O) groups is 1. The summed E-state index contributed by atoms with van der Waals surface area (Å²) in [5.74, 6) is -0.478. The Hall–Kier alpha value is -1.34. The molecule has 0 saturated heterocycles. The van der Waals surface area contributed by atoms with Crippen molar-refractivity contribution in [3.05, 3.63) is 29.1 Å². The van der Waals surface area contributed by atoms with Gasteiger partial charge in [-0.15, -0.1) is 12.4 Å². The Kier molecular flexibility index (Phi) is 6.07. The van der Waals surface area contributed by atoms with Gasteiger partial charge < -0.3 is 11.1 Å². The van der Waals surface area contributed by atoms with Crippen molar-refractivity contribution < 1.29 is 18.0 Å². The number of alkyl halides is 3. The van der Waals surface area contributed by atoms with Crippen molar-refractivity contribution in [1.82, 2.24) is 10.3 Å². The van der Waals surface area contributed by atoms with Gasteiger partial charge >= 0.3 is 6.18 Å². The fraction of sp³-hybridized carbons (Fsp3) is 0.400. The van der Waals surface area contributed by atoms with Gasteiger partial charge in [-0.1, -0.05) is 0 Å². The minimum atomic E-state index is -4.50. The molecule has 8 heteroatoms. The average molecular weight is 284 g/mol. The topological polar surface area (TPSA) is 68.0 Å². The number of nitrogens with zero attached hydrogens (tertiary/aromatic N) is 1. The lowest BCUT2D eigenvalue weighted by atomic mass is 10.1. The molecule has 0 aliphatic rings. The zero-order valence-electron chi connectivity index (χ0n) is 9.54. The molecule has 1 rings (SSSR count). The van der Waals surface area contributed by atoms with Gasteiger partial charge in [-0.25, -0.2) is 4.98 Å². The molecule has 0 aliphatic heterocycles. The number of carbonyl (C=O) groups excluding carboxylic acids is 1. The molecule has 1 aromatic rings. The smallest absolute Gasteiger partial charge is 0.351 e. The van der Waals surface area contributed by atoms with Crippen LogP contribution in [0.25, 0.3) is 0 Å². The van der Waals surface area contributed by atoms with E-state index in [2.05, 4.69) is 10.3 Å². The summed E-state index contributed by atoms with van der Waals surface area (Å²) in [6.45, 7) is 1.88. The van der Waals surface area contributed by atoms with Crippen LogP contribution in [0, 0.1) is 6.92 Å². The van der Waals surface area contributed by atoms with Crippen molar-refractivity contribution in [3.63, 3.8) is 0 Å². The van der Waals surface area contributed by atoms with Crippen LogP contribution >= 0.6 is 12.4 Å². The summed E-state index contributed by atoms with van der Waals surface area (Å²) < 4.78 is 37.0. The first kappa shape index (κ1) is 16.7. The number of hydrogen-bond donors (Lipinski definition) is 2. The van der Waals surface area contributed by atoms with E-state index in [1.807, 2.05) is 0 Å². The van der Waals surface area contributed by atoms with Gasteiger partial charge in [0.15, 0.2) is 0 Å². The molecule has 0 aromatic carbocycles. The van der Waals surface area contributed by atoms with E-state index in [4.69, 9.17) is 5.73 Å². The zero-order chi connectivity index (χ0) is 13.1. The molecule has 0 saturated carbocycles. The van der Waals surface area contributed by atoms with E-state index in [0.717, 1.165) is 12.1 Å². The Morgan fingerprint density at radius 2 is 2.06 bits per heavy atom. The number of aromatic nitrogens is 1. The monoisotopic (exact) mass is 283 g/mol. The lowest BCUT2D eigenvalue weighted by Crippen LogP contribution is -2.29. The molecule has 1 aromatic heterocycles. The van der Waals surface area contributed by atoms with E-state index >= 15 is 0 Å². The number of amides is 1. The predicted octanol–water partition coefficient (Wildman–Crippen LogP) is 1.52. The predicted molar refractivity (Wildman–Crippen MR) is 62.6 cm³/mol. The van der Waals surface area contributed by atoms with Crippen molar-refractivity contribution in [2.24, 2.45) is 5.73 Å². The highest BCUT2D eigenvalue weighted by atomic mass is 35.5. The summed E-state index contributed by atoms with van der Waals surface area (Å²) in [5.41, 5.74) is 4.34. The first-order valence-corrected chi connectivity index (χ1v) is 4.89. The molecule has 1 heterocycles. The Morgan fingerprint density at radius 1 is 1.44 bits per heavy atom. The van der Waals surface area contributed by atoms with Gasteiger partial charge in [0.25, 0.3) is 5.91 Å². The van der Waals surface area contributed by atoms with Crippen LogP contribution < -0.4 is 11.1 Å². The molecule has 0 unspecified atom stereocenters. The van der Waals surface area contributed by atoms with E-state index in [9.17, 15) is 18.0 Å². The number of hydrogen-bond acceptors (Lipinski definition) is 3. The van der Waals surface area contributed by atoms with Gasteiger partial charge in [-0.05, 0) is 19.1 Å².